The third kappa shape index (κ3) is 10.0. The molecule has 5 atom stereocenters. The Balaban J connectivity index is 1.63. The van der Waals surface area contributed by atoms with E-state index >= 15 is 0 Å². The van der Waals surface area contributed by atoms with E-state index in [1.165, 1.54) is 38.3 Å². The number of rotatable bonds is 16. The molecular formula is C35H51N5O4S2. The number of nitrogens with zero attached hydrogens (tertiary/aromatic N) is 1. The molecule has 2 fully saturated rings. The SMILES string of the molecule is CC[C@H](C)[C@H](N)C(=O)Nc1ccc(C(=O)[C@](Cc2ccccc2)(CC(O)CCC2CCCCC2)NC(=O)[C@@H](N)C2SCCS2)cn1. The van der Waals surface area contributed by atoms with Crippen molar-refractivity contribution in [2.75, 3.05) is 16.8 Å². The lowest BCUT2D eigenvalue weighted by Crippen LogP contribution is -2.61. The molecule has 252 valence electrons. The number of nitrogens with one attached hydrogen (secondary N) is 2. The predicted octanol–water partition coefficient (Wildman–Crippen LogP) is 4.92. The average Bonchev–Trinajstić information content (AvgIpc) is 3.62. The molecule has 0 bridgehead atoms. The fourth-order valence-electron chi connectivity index (χ4n) is 6.38. The smallest absolute Gasteiger partial charge is 0.242 e. The van der Waals surface area contributed by atoms with Crippen LogP contribution in [0.15, 0.2) is 48.7 Å². The molecule has 11 heteroatoms. The van der Waals surface area contributed by atoms with Gasteiger partial charge in [0.25, 0.3) is 0 Å². The molecule has 46 heavy (non-hydrogen) atoms. The lowest BCUT2D eigenvalue weighted by atomic mass is 9.77. The van der Waals surface area contributed by atoms with Crippen molar-refractivity contribution in [1.29, 1.82) is 0 Å². The van der Waals surface area contributed by atoms with Gasteiger partial charge in [0, 0.05) is 36.1 Å². The third-order valence-electron chi connectivity index (χ3n) is 9.44. The summed E-state index contributed by atoms with van der Waals surface area (Å²) in [7, 11) is 0. The first-order valence-corrected chi connectivity index (χ1v) is 18.8. The van der Waals surface area contributed by atoms with E-state index in [2.05, 4.69) is 15.6 Å². The molecule has 2 amide bonds. The number of aromatic nitrogens is 1. The number of benzene rings is 1. The van der Waals surface area contributed by atoms with E-state index in [1.54, 1.807) is 35.7 Å². The van der Waals surface area contributed by atoms with Crippen LogP contribution in [-0.2, 0) is 16.0 Å². The Morgan fingerprint density at radius 2 is 1.72 bits per heavy atom. The van der Waals surface area contributed by atoms with Crippen molar-refractivity contribution >= 4 is 46.9 Å². The van der Waals surface area contributed by atoms with Crippen LogP contribution in [0.3, 0.4) is 0 Å². The van der Waals surface area contributed by atoms with Gasteiger partial charge in [0.2, 0.25) is 11.8 Å². The minimum atomic E-state index is -1.47. The van der Waals surface area contributed by atoms with Crippen molar-refractivity contribution < 1.29 is 19.5 Å². The first-order valence-electron chi connectivity index (χ1n) is 16.7. The predicted molar refractivity (Wildman–Crippen MR) is 189 cm³/mol. The minimum Gasteiger partial charge on any atom is -0.393 e. The molecule has 1 saturated carbocycles. The van der Waals surface area contributed by atoms with Crippen LogP contribution in [0.4, 0.5) is 5.82 Å². The molecule has 9 nitrogen and oxygen atoms in total. The van der Waals surface area contributed by atoms with Gasteiger partial charge < -0.3 is 27.2 Å². The van der Waals surface area contributed by atoms with Gasteiger partial charge in [-0.1, -0.05) is 82.7 Å². The van der Waals surface area contributed by atoms with Crippen LogP contribution < -0.4 is 22.1 Å². The van der Waals surface area contributed by atoms with Gasteiger partial charge in [-0.3, -0.25) is 14.4 Å². The number of thioether (sulfide) groups is 2. The van der Waals surface area contributed by atoms with Crippen LogP contribution in [0, 0.1) is 11.8 Å². The van der Waals surface area contributed by atoms with Crippen LogP contribution >= 0.6 is 23.5 Å². The van der Waals surface area contributed by atoms with E-state index in [9.17, 15) is 19.5 Å². The summed E-state index contributed by atoms with van der Waals surface area (Å²) in [6, 6.07) is 11.2. The quantitative estimate of drug-likeness (QED) is 0.156. The normalized spacial score (nSPS) is 19.8. The lowest BCUT2D eigenvalue weighted by molar-refractivity contribution is -0.124. The number of anilines is 1. The van der Waals surface area contributed by atoms with Gasteiger partial charge in [0.15, 0.2) is 5.78 Å². The number of aliphatic hydroxyl groups excluding tert-OH is 1. The van der Waals surface area contributed by atoms with Crippen molar-refractivity contribution in [3.05, 3.63) is 59.8 Å². The summed E-state index contributed by atoms with van der Waals surface area (Å²) < 4.78 is -0.105. The van der Waals surface area contributed by atoms with Crippen molar-refractivity contribution in [3.8, 4) is 0 Å². The summed E-state index contributed by atoms with van der Waals surface area (Å²) in [6.45, 7) is 3.89. The molecule has 2 heterocycles. The monoisotopic (exact) mass is 669 g/mol. The van der Waals surface area contributed by atoms with Crippen LogP contribution in [-0.4, -0.2) is 67.5 Å². The Morgan fingerprint density at radius 3 is 2.35 bits per heavy atom. The highest BCUT2D eigenvalue weighted by atomic mass is 32.2. The molecule has 2 aromatic rings. The lowest BCUT2D eigenvalue weighted by Gasteiger charge is -2.37. The minimum absolute atomic E-state index is 0.00000940. The zero-order valence-electron chi connectivity index (χ0n) is 27.2. The number of Topliss-reactive ketones (excluding diaryl/α,β-unsaturated/α-hetero) is 1. The maximum Gasteiger partial charge on any atom is 0.242 e. The topological polar surface area (TPSA) is 160 Å². The average molecular weight is 670 g/mol. The maximum atomic E-state index is 14.6. The maximum absolute atomic E-state index is 14.6. The Morgan fingerprint density at radius 1 is 1.02 bits per heavy atom. The highest BCUT2D eigenvalue weighted by Gasteiger charge is 2.44. The molecule has 0 spiro atoms. The number of hydrogen-bond donors (Lipinski definition) is 5. The van der Waals surface area contributed by atoms with Gasteiger partial charge in [-0.2, -0.15) is 0 Å². The molecule has 1 aliphatic carbocycles. The Bertz CT molecular complexity index is 1270. The zero-order chi connectivity index (χ0) is 33.1. The third-order valence-corrected chi connectivity index (χ3v) is 12.6. The number of carbonyl (C=O) groups is 3. The molecule has 2 aliphatic rings. The molecule has 1 aliphatic heterocycles. The fraction of sp³-hybridized carbons (Fsp3) is 0.600. The molecule has 1 saturated heterocycles. The van der Waals surface area contributed by atoms with E-state index in [0.717, 1.165) is 29.9 Å². The van der Waals surface area contributed by atoms with Crippen LogP contribution in [0.5, 0.6) is 0 Å². The van der Waals surface area contributed by atoms with Crippen LogP contribution in [0.25, 0.3) is 0 Å². The number of amides is 2. The van der Waals surface area contributed by atoms with Gasteiger partial charge in [-0.15, -0.1) is 23.5 Å². The molecular weight excluding hydrogens is 619 g/mol. The number of aliphatic hydroxyl groups is 1. The van der Waals surface area contributed by atoms with E-state index in [0.29, 0.717) is 12.3 Å². The Kier molecular flexibility index (Phi) is 14.0. The number of hydrogen-bond acceptors (Lipinski definition) is 9. The number of carbonyl (C=O) groups excluding carboxylic acids is 3. The first-order chi connectivity index (χ1) is 22.1. The van der Waals surface area contributed by atoms with Gasteiger partial charge in [0.1, 0.15) is 17.4 Å². The summed E-state index contributed by atoms with van der Waals surface area (Å²) in [6.07, 6.45) is 9.05. The second-order valence-corrected chi connectivity index (χ2v) is 15.8. The van der Waals surface area contributed by atoms with Gasteiger partial charge in [-0.05, 0) is 42.4 Å². The highest BCUT2D eigenvalue weighted by molar-refractivity contribution is 8.20. The van der Waals surface area contributed by atoms with Crippen molar-refractivity contribution in [2.45, 2.75) is 106 Å². The molecule has 7 N–H and O–H groups in total. The molecule has 1 aromatic heterocycles. The standard InChI is InChI=1S/C35H51N5O4S2/c1-3-23(2)29(36)32(43)39-28-17-15-26(22-38-28)31(42)35(20-25-12-8-5-9-13-25,40-33(44)30(37)34-45-18-19-46-34)21-27(41)16-14-24-10-6-4-7-11-24/h5,8-9,12-13,15,17,22-24,27,29-30,34,41H,3-4,6-7,10-11,14,16,18-21,36-37H2,1-2H3,(H,40,44)(H,38,39,43)/t23-,27?,29-,30+,35-/m0/s1. The van der Waals surface area contributed by atoms with Crippen molar-refractivity contribution in [3.63, 3.8) is 0 Å². The molecule has 0 radical (unpaired) electrons. The van der Waals surface area contributed by atoms with Crippen molar-refractivity contribution in [2.24, 2.45) is 23.3 Å². The summed E-state index contributed by atoms with van der Waals surface area (Å²) in [4.78, 5) is 45.5. The van der Waals surface area contributed by atoms with E-state index in [4.69, 9.17) is 11.5 Å². The number of pyridine rings is 1. The van der Waals surface area contributed by atoms with E-state index in [-0.39, 0.29) is 46.4 Å². The second-order valence-electron chi connectivity index (χ2n) is 13.0. The zero-order valence-corrected chi connectivity index (χ0v) is 28.8. The van der Waals surface area contributed by atoms with Gasteiger partial charge in [-0.25, -0.2) is 4.98 Å². The van der Waals surface area contributed by atoms with Crippen molar-refractivity contribution in [1.82, 2.24) is 10.3 Å². The first kappa shape index (κ1) is 36.4. The second kappa shape index (κ2) is 17.6. The van der Waals surface area contributed by atoms with Crippen LogP contribution in [0.2, 0.25) is 0 Å². The summed E-state index contributed by atoms with van der Waals surface area (Å²) >= 11 is 3.30. The van der Waals surface area contributed by atoms with E-state index in [1.807, 2.05) is 44.2 Å². The fourth-order valence-corrected chi connectivity index (χ4v) is 9.24. The Hall–Kier alpha value is -2.44. The summed E-state index contributed by atoms with van der Waals surface area (Å²) in [5.41, 5.74) is 12.2. The Labute approximate surface area is 282 Å². The molecule has 4 rings (SSSR count). The molecule has 1 unspecified atom stereocenters. The van der Waals surface area contributed by atoms with Gasteiger partial charge >= 0.3 is 0 Å². The largest absolute Gasteiger partial charge is 0.393 e. The van der Waals surface area contributed by atoms with Crippen LogP contribution in [0.1, 0.15) is 87.6 Å². The molecule has 1 aromatic carbocycles. The number of nitrogens with two attached hydrogens (primary N) is 2. The number of ketones is 1. The summed E-state index contributed by atoms with van der Waals surface area (Å²) in [5.74, 6) is 1.57. The van der Waals surface area contributed by atoms with Gasteiger partial charge in [0.05, 0.1) is 16.7 Å². The van der Waals surface area contributed by atoms with E-state index < -0.39 is 29.6 Å². The highest BCUT2D eigenvalue weighted by Crippen LogP contribution is 2.35. The summed E-state index contributed by atoms with van der Waals surface area (Å²) in [5, 5.41) is 17.3.